The number of carbonyl (C=O) groups excluding carboxylic acids is 3. The summed E-state index contributed by atoms with van der Waals surface area (Å²) in [5.74, 6) is -1.65. The van der Waals surface area contributed by atoms with Gasteiger partial charge in [0.05, 0.1) is 30.7 Å². The van der Waals surface area contributed by atoms with Crippen molar-refractivity contribution in [2.24, 2.45) is 0 Å². The lowest BCUT2D eigenvalue weighted by Crippen LogP contribution is -2.25. The number of hydrogen-bond donors (Lipinski definition) is 1. The summed E-state index contributed by atoms with van der Waals surface area (Å²) in [7, 11) is 0. The van der Waals surface area contributed by atoms with Gasteiger partial charge >= 0.3 is 11.9 Å². The molecule has 2 aromatic heterocycles. The monoisotopic (exact) mass is 477 g/mol. The van der Waals surface area contributed by atoms with Crippen LogP contribution in [0.15, 0.2) is 34.4 Å². The number of nitrogens with one attached hydrogen (secondary N) is 1. The Kier molecular flexibility index (Phi) is 7.60. The summed E-state index contributed by atoms with van der Waals surface area (Å²) in [6, 6.07) is 6.35. The van der Waals surface area contributed by atoms with Crippen LogP contribution in [0.2, 0.25) is 5.02 Å². The second kappa shape index (κ2) is 10.4. The van der Waals surface area contributed by atoms with Gasteiger partial charge in [-0.05, 0) is 38.1 Å². The summed E-state index contributed by atoms with van der Waals surface area (Å²) in [6.07, 6.45) is -0.201. The zero-order valence-corrected chi connectivity index (χ0v) is 18.9. The molecule has 11 heteroatoms. The van der Waals surface area contributed by atoms with E-state index in [9.17, 15) is 19.2 Å². The standard InChI is InChI=1S/C21H20ClN3O6S/c1-3-30-16(27)10-9-15(26)23-19-17-14(11-32-19)18(21(29)31-4-2)24-25(20(17)28)13-7-5-12(22)6-8-13/h5-8,11H,3-4,9-10H2,1-2H3,(H,23,26). The summed E-state index contributed by atoms with van der Waals surface area (Å²) in [4.78, 5) is 49.6. The number of benzene rings is 1. The highest BCUT2D eigenvalue weighted by Gasteiger charge is 2.23. The van der Waals surface area contributed by atoms with E-state index < -0.39 is 23.4 Å². The van der Waals surface area contributed by atoms with Crippen molar-refractivity contribution in [3.05, 3.63) is 50.7 Å². The molecule has 0 aliphatic rings. The molecule has 0 aliphatic carbocycles. The molecule has 1 N–H and O–H groups in total. The van der Waals surface area contributed by atoms with Crippen molar-refractivity contribution in [3.63, 3.8) is 0 Å². The number of hydrogen-bond acceptors (Lipinski definition) is 8. The predicted octanol–water partition coefficient (Wildman–Crippen LogP) is 3.56. The van der Waals surface area contributed by atoms with Crippen LogP contribution in [-0.4, -0.2) is 40.8 Å². The maximum Gasteiger partial charge on any atom is 0.359 e. The van der Waals surface area contributed by atoms with E-state index in [1.807, 2.05) is 0 Å². The zero-order valence-electron chi connectivity index (χ0n) is 17.3. The fraction of sp³-hybridized carbons (Fsp3) is 0.286. The van der Waals surface area contributed by atoms with Crippen LogP contribution in [-0.2, 0) is 19.1 Å². The van der Waals surface area contributed by atoms with Gasteiger partial charge in [-0.15, -0.1) is 11.3 Å². The SMILES string of the molecule is CCOC(=O)CCC(=O)Nc1scc2c(C(=O)OCC)nn(-c3ccc(Cl)cc3)c(=O)c12. The van der Waals surface area contributed by atoms with Gasteiger partial charge in [0.1, 0.15) is 5.00 Å². The third-order valence-electron chi connectivity index (χ3n) is 4.31. The van der Waals surface area contributed by atoms with E-state index in [1.165, 1.54) is 0 Å². The third-order valence-corrected chi connectivity index (χ3v) is 5.45. The molecule has 2 heterocycles. The Morgan fingerprint density at radius 1 is 1.09 bits per heavy atom. The largest absolute Gasteiger partial charge is 0.466 e. The van der Waals surface area contributed by atoms with Crippen LogP contribution in [0.25, 0.3) is 16.5 Å². The smallest absolute Gasteiger partial charge is 0.359 e. The second-order valence-corrected chi connectivity index (χ2v) is 7.79. The normalized spacial score (nSPS) is 10.7. The van der Waals surface area contributed by atoms with Crippen molar-refractivity contribution >= 4 is 56.6 Å². The number of halogens is 1. The Labute approximate surface area is 191 Å². The number of nitrogens with zero attached hydrogens (tertiary/aromatic N) is 2. The molecule has 0 aliphatic heterocycles. The van der Waals surface area contributed by atoms with E-state index >= 15 is 0 Å². The molecule has 1 amide bonds. The molecular formula is C21H20ClN3O6S. The Bertz CT molecular complexity index is 1220. The number of carbonyl (C=O) groups is 3. The quantitative estimate of drug-likeness (QED) is 0.493. The molecule has 0 saturated carbocycles. The summed E-state index contributed by atoms with van der Waals surface area (Å²) in [5.41, 5.74) is -0.199. The molecule has 3 aromatic rings. The van der Waals surface area contributed by atoms with Crippen LogP contribution in [0.1, 0.15) is 37.2 Å². The summed E-state index contributed by atoms with van der Waals surface area (Å²) >= 11 is 7.01. The molecule has 3 rings (SSSR count). The average Bonchev–Trinajstić information content (AvgIpc) is 3.18. The first kappa shape index (κ1) is 23.4. The maximum absolute atomic E-state index is 13.3. The molecule has 0 saturated heterocycles. The van der Waals surface area contributed by atoms with Crippen molar-refractivity contribution < 1.29 is 23.9 Å². The van der Waals surface area contributed by atoms with Crippen LogP contribution < -0.4 is 10.9 Å². The Morgan fingerprint density at radius 2 is 1.78 bits per heavy atom. The molecule has 9 nitrogen and oxygen atoms in total. The van der Waals surface area contributed by atoms with E-state index in [0.717, 1.165) is 16.0 Å². The Hall–Kier alpha value is -3.24. The fourth-order valence-electron chi connectivity index (χ4n) is 2.89. The van der Waals surface area contributed by atoms with Crippen molar-refractivity contribution in [1.82, 2.24) is 9.78 Å². The number of anilines is 1. The minimum Gasteiger partial charge on any atom is -0.466 e. The lowest BCUT2D eigenvalue weighted by Gasteiger charge is -2.10. The topological polar surface area (TPSA) is 117 Å². The minimum absolute atomic E-state index is 0.0559. The van der Waals surface area contributed by atoms with Crippen molar-refractivity contribution in [2.45, 2.75) is 26.7 Å². The van der Waals surface area contributed by atoms with E-state index in [4.69, 9.17) is 21.1 Å². The van der Waals surface area contributed by atoms with E-state index in [2.05, 4.69) is 10.4 Å². The van der Waals surface area contributed by atoms with Gasteiger partial charge in [0, 0.05) is 22.2 Å². The van der Waals surface area contributed by atoms with E-state index in [0.29, 0.717) is 10.7 Å². The molecule has 0 fully saturated rings. The number of ether oxygens (including phenoxy) is 2. The van der Waals surface area contributed by atoms with E-state index in [-0.39, 0.29) is 47.5 Å². The molecule has 0 atom stereocenters. The molecule has 0 radical (unpaired) electrons. The van der Waals surface area contributed by atoms with Crippen LogP contribution in [0, 0.1) is 0 Å². The highest BCUT2D eigenvalue weighted by Crippen LogP contribution is 2.31. The van der Waals surface area contributed by atoms with Gasteiger partial charge in [-0.3, -0.25) is 14.4 Å². The molecule has 0 bridgehead atoms. The maximum atomic E-state index is 13.3. The van der Waals surface area contributed by atoms with Gasteiger partial charge < -0.3 is 14.8 Å². The zero-order chi connectivity index (χ0) is 23.3. The number of esters is 2. The van der Waals surface area contributed by atoms with E-state index in [1.54, 1.807) is 43.5 Å². The number of amides is 1. The second-order valence-electron chi connectivity index (χ2n) is 6.47. The predicted molar refractivity (Wildman–Crippen MR) is 121 cm³/mol. The van der Waals surface area contributed by atoms with Crippen LogP contribution in [0.5, 0.6) is 0 Å². The lowest BCUT2D eigenvalue weighted by atomic mass is 10.2. The van der Waals surface area contributed by atoms with Crippen LogP contribution in [0.4, 0.5) is 5.00 Å². The summed E-state index contributed by atoms with van der Waals surface area (Å²) < 4.78 is 11.0. The number of aromatic nitrogens is 2. The Morgan fingerprint density at radius 3 is 2.44 bits per heavy atom. The number of thiophene rings is 1. The van der Waals surface area contributed by atoms with Crippen LogP contribution >= 0.6 is 22.9 Å². The average molecular weight is 478 g/mol. The van der Waals surface area contributed by atoms with Gasteiger partial charge in [-0.1, -0.05) is 11.6 Å². The van der Waals surface area contributed by atoms with Crippen molar-refractivity contribution in [2.75, 3.05) is 18.5 Å². The van der Waals surface area contributed by atoms with Gasteiger partial charge in [-0.25, -0.2) is 4.79 Å². The molecule has 32 heavy (non-hydrogen) atoms. The van der Waals surface area contributed by atoms with Crippen molar-refractivity contribution in [1.29, 1.82) is 0 Å². The molecular weight excluding hydrogens is 458 g/mol. The highest BCUT2D eigenvalue weighted by molar-refractivity contribution is 7.16. The lowest BCUT2D eigenvalue weighted by molar-refractivity contribution is -0.144. The third kappa shape index (κ3) is 5.14. The highest BCUT2D eigenvalue weighted by atomic mass is 35.5. The van der Waals surface area contributed by atoms with Gasteiger partial charge in [0.2, 0.25) is 5.91 Å². The Balaban J connectivity index is 2.05. The van der Waals surface area contributed by atoms with Gasteiger partial charge in [0.25, 0.3) is 5.56 Å². The molecule has 0 spiro atoms. The molecule has 1 aromatic carbocycles. The number of rotatable bonds is 8. The fourth-order valence-corrected chi connectivity index (χ4v) is 3.97. The summed E-state index contributed by atoms with van der Waals surface area (Å²) in [5, 5.41) is 9.52. The number of fused-ring (bicyclic) bond motifs is 1. The molecule has 168 valence electrons. The molecule has 0 unspecified atom stereocenters. The van der Waals surface area contributed by atoms with Gasteiger partial charge in [0.15, 0.2) is 5.69 Å². The van der Waals surface area contributed by atoms with Crippen molar-refractivity contribution in [3.8, 4) is 5.69 Å². The first-order chi connectivity index (χ1) is 15.3. The first-order valence-electron chi connectivity index (χ1n) is 9.78. The van der Waals surface area contributed by atoms with Crippen LogP contribution in [0.3, 0.4) is 0 Å². The minimum atomic E-state index is -0.696. The first-order valence-corrected chi connectivity index (χ1v) is 11.0. The van der Waals surface area contributed by atoms with Gasteiger partial charge in [-0.2, -0.15) is 9.78 Å². The summed E-state index contributed by atoms with van der Waals surface area (Å²) in [6.45, 7) is 3.69.